The molecule has 0 bridgehead atoms. The Labute approximate surface area is 116 Å². The lowest BCUT2D eigenvalue weighted by Crippen LogP contribution is -2.42. The third-order valence-corrected chi connectivity index (χ3v) is 5.78. The van der Waals surface area contributed by atoms with Gasteiger partial charge in [-0.05, 0) is 62.4 Å². The van der Waals surface area contributed by atoms with Crippen LogP contribution in [0.1, 0.15) is 57.8 Å². The van der Waals surface area contributed by atoms with Crippen molar-refractivity contribution in [1.82, 2.24) is 4.90 Å². The van der Waals surface area contributed by atoms with E-state index in [1.165, 1.54) is 64.5 Å². The first-order chi connectivity index (χ1) is 9.15. The second kappa shape index (κ2) is 4.97. The van der Waals surface area contributed by atoms with Gasteiger partial charge in [-0.1, -0.05) is 18.0 Å². The van der Waals surface area contributed by atoms with Gasteiger partial charge in [-0.2, -0.15) is 0 Å². The lowest BCUT2D eigenvalue weighted by molar-refractivity contribution is 0.0926. The van der Waals surface area contributed by atoms with Crippen molar-refractivity contribution in [3.8, 4) is 0 Å². The van der Waals surface area contributed by atoms with E-state index in [4.69, 9.17) is 10.9 Å². The number of nitrogens with two attached hydrogens (primary N) is 1. The maximum Gasteiger partial charge on any atom is 0.139 e. The average Bonchev–Trinajstić information content (AvgIpc) is 3.01. The third kappa shape index (κ3) is 2.88. The summed E-state index contributed by atoms with van der Waals surface area (Å²) < 4.78 is 0. The molecular formula is C15H27N3O. The van der Waals surface area contributed by atoms with Crippen molar-refractivity contribution in [2.45, 2.75) is 57.8 Å². The molecule has 0 aromatic rings. The fraction of sp³-hybridized carbons (Fsp3) is 0.933. The standard InChI is InChI=1S/C15H27N3O/c16-13(17-19)11-15(5-6-15)12-18-9-7-14(8-10-18)3-1-2-4-14/h19H,1-12H2,(H2,16,17). The van der Waals surface area contributed by atoms with Crippen molar-refractivity contribution in [1.29, 1.82) is 0 Å². The molecule has 2 saturated carbocycles. The van der Waals surface area contributed by atoms with E-state index in [9.17, 15) is 0 Å². The zero-order valence-electron chi connectivity index (χ0n) is 11.9. The number of likely N-dealkylation sites (tertiary alicyclic amines) is 1. The van der Waals surface area contributed by atoms with Crippen molar-refractivity contribution in [2.24, 2.45) is 21.7 Å². The minimum Gasteiger partial charge on any atom is -0.409 e. The zero-order valence-corrected chi connectivity index (χ0v) is 11.9. The Hall–Kier alpha value is -0.770. The van der Waals surface area contributed by atoms with Gasteiger partial charge >= 0.3 is 0 Å². The Balaban J connectivity index is 1.50. The van der Waals surface area contributed by atoms with E-state index >= 15 is 0 Å². The van der Waals surface area contributed by atoms with Crippen LogP contribution in [-0.4, -0.2) is 35.6 Å². The fourth-order valence-electron chi connectivity index (χ4n) is 4.27. The highest BCUT2D eigenvalue weighted by atomic mass is 16.4. The Morgan fingerprint density at radius 3 is 2.21 bits per heavy atom. The molecule has 0 unspecified atom stereocenters. The van der Waals surface area contributed by atoms with E-state index in [0.29, 0.717) is 16.7 Å². The van der Waals surface area contributed by atoms with Gasteiger partial charge in [-0.25, -0.2) is 0 Å². The predicted octanol–water partition coefficient (Wildman–Crippen LogP) is 2.56. The average molecular weight is 265 g/mol. The Morgan fingerprint density at radius 1 is 1.05 bits per heavy atom. The van der Waals surface area contributed by atoms with E-state index in [1.807, 2.05) is 0 Å². The molecule has 1 heterocycles. The molecule has 1 aliphatic heterocycles. The molecule has 4 nitrogen and oxygen atoms in total. The van der Waals surface area contributed by atoms with Crippen molar-refractivity contribution < 1.29 is 5.21 Å². The fourth-order valence-corrected chi connectivity index (χ4v) is 4.27. The van der Waals surface area contributed by atoms with Gasteiger partial charge in [0.2, 0.25) is 0 Å². The summed E-state index contributed by atoms with van der Waals surface area (Å²) in [6.45, 7) is 3.68. The van der Waals surface area contributed by atoms with E-state index < -0.39 is 0 Å². The van der Waals surface area contributed by atoms with Crippen LogP contribution in [-0.2, 0) is 0 Å². The topological polar surface area (TPSA) is 61.8 Å². The Bertz CT molecular complexity index is 346. The maximum absolute atomic E-state index is 8.72. The predicted molar refractivity (Wildman–Crippen MR) is 76.3 cm³/mol. The summed E-state index contributed by atoms with van der Waals surface area (Å²) in [7, 11) is 0. The number of piperidine rings is 1. The summed E-state index contributed by atoms with van der Waals surface area (Å²) in [5, 5.41) is 11.9. The molecule has 2 aliphatic carbocycles. The van der Waals surface area contributed by atoms with Crippen molar-refractivity contribution in [2.75, 3.05) is 19.6 Å². The van der Waals surface area contributed by atoms with Gasteiger partial charge in [0.25, 0.3) is 0 Å². The molecule has 1 saturated heterocycles. The minimum absolute atomic E-state index is 0.330. The molecule has 0 aromatic carbocycles. The first kappa shape index (κ1) is 13.2. The van der Waals surface area contributed by atoms with Gasteiger partial charge in [0.15, 0.2) is 0 Å². The van der Waals surface area contributed by atoms with Crippen LogP contribution >= 0.6 is 0 Å². The summed E-state index contributed by atoms with van der Waals surface area (Å²) in [6, 6.07) is 0. The third-order valence-electron chi connectivity index (χ3n) is 5.78. The molecule has 0 amide bonds. The normalized spacial score (nSPS) is 29.8. The molecule has 0 aromatic heterocycles. The van der Waals surface area contributed by atoms with Crippen LogP contribution in [0.15, 0.2) is 5.16 Å². The maximum atomic E-state index is 8.72. The smallest absolute Gasteiger partial charge is 0.139 e. The number of oxime groups is 1. The molecule has 3 N–H and O–H groups in total. The van der Waals surface area contributed by atoms with Crippen LogP contribution < -0.4 is 5.73 Å². The van der Waals surface area contributed by atoms with Crippen LogP contribution in [0.4, 0.5) is 0 Å². The quantitative estimate of drug-likeness (QED) is 0.355. The number of hydrogen-bond donors (Lipinski definition) is 2. The van der Waals surface area contributed by atoms with E-state index in [2.05, 4.69) is 10.1 Å². The van der Waals surface area contributed by atoms with Crippen molar-refractivity contribution in [3.05, 3.63) is 0 Å². The van der Waals surface area contributed by atoms with E-state index in [1.54, 1.807) is 0 Å². The van der Waals surface area contributed by atoms with Crippen LogP contribution in [0.2, 0.25) is 0 Å². The summed E-state index contributed by atoms with van der Waals surface area (Å²) in [5.74, 6) is 0.404. The highest BCUT2D eigenvalue weighted by molar-refractivity contribution is 5.80. The van der Waals surface area contributed by atoms with Crippen LogP contribution in [0.5, 0.6) is 0 Å². The molecule has 1 spiro atoms. The van der Waals surface area contributed by atoms with Gasteiger partial charge in [0.1, 0.15) is 5.84 Å². The van der Waals surface area contributed by atoms with E-state index in [-0.39, 0.29) is 0 Å². The second-order valence-corrected chi connectivity index (χ2v) is 7.25. The molecule has 4 heteroatoms. The van der Waals surface area contributed by atoms with E-state index in [0.717, 1.165) is 13.0 Å². The van der Waals surface area contributed by atoms with Gasteiger partial charge in [-0.3, -0.25) is 0 Å². The van der Waals surface area contributed by atoms with Crippen molar-refractivity contribution >= 4 is 5.84 Å². The SMILES string of the molecule is NC(CC1(CN2CCC3(CCCC3)CC2)CC1)=NO. The molecule has 108 valence electrons. The van der Waals surface area contributed by atoms with Gasteiger partial charge in [0.05, 0.1) is 0 Å². The largest absolute Gasteiger partial charge is 0.409 e. The van der Waals surface area contributed by atoms with Crippen LogP contribution in [0, 0.1) is 10.8 Å². The summed E-state index contributed by atoms with van der Waals surface area (Å²) in [6.07, 6.45) is 11.9. The molecule has 0 radical (unpaired) electrons. The van der Waals surface area contributed by atoms with Crippen LogP contribution in [0.25, 0.3) is 0 Å². The summed E-state index contributed by atoms with van der Waals surface area (Å²) in [4.78, 5) is 2.63. The number of rotatable bonds is 4. The van der Waals surface area contributed by atoms with Crippen LogP contribution in [0.3, 0.4) is 0 Å². The molecular weight excluding hydrogens is 238 g/mol. The number of amidine groups is 1. The number of hydrogen-bond acceptors (Lipinski definition) is 3. The monoisotopic (exact) mass is 265 g/mol. The summed E-state index contributed by atoms with van der Waals surface area (Å²) in [5.41, 5.74) is 6.72. The van der Waals surface area contributed by atoms with Crippen molar-refractivity contribution in [3.63, 3.8) is 0 Å². The molecule has 3 rings (SSSR count). The zero-order chi connectivity index (χ0) is 13.3. The molecule has 0 atom stereocenters. The van der Waals surface area contributed by atoms with Gasteiger partial charge in [-0.15, -0.1) is 0 Å². The van der Waals surface area contributed by atoms with Gasteiger partial charge < -0.3 is 15.8 Å². The highest BCUT2D eigenvalue weighted by Gasteiger charge is 2.46. The van der Waals surface area contributed by atoms with Gasteiger partial charge in [0, 0.05) is 13.0 Å². The minimum atomic E-state index is 0.330. The molecule has 19 heavy (non-hydrogen) atoms. The first-order valence-electron chi connectivity index (χ1n) is 7.84. The highest BCUT2D eigenvalue weighted by Crippen LogP contribution is 2.51. The number of nitrogens with zero attached hydrogens (tertiary/aromatic N) is 2. The Kier molecular flexibility index (Phi) is 3.46. The second-order valence-electron chi connectivity index (χ2n) is 7.25. The lowest BCUT2D eigenvalue weighted by atomic mass is 9.77. The Morgan fingerprint density at radius 2 is 1.68 bits per heavy atom. The molecule has 3 fully saturated rings. The lowest BCUT2D eigenvalue weighted by Gasteiger charge is -2.40. The molecule has 3 aliphatic rings. The first-order valence-corrected chi connectivity index (χ1v) is 7.84. The summed E-state index contributed by atoms with van der Waals surface area (Å²) >= 11 is 0.